The van der Waals surface area contributed by atoms with Crippen LogP contribution in [-0.2, 0) is 29.7 Å². The lowest BCUT2D eigenvalue weighted by atomic mass is 10.1. The second-order valence-corrected chi connectivity index (χ2v) is 8.18. The Morgan fingerprint density at radius 1 is 0.958 bits per heavy atom. The number of hydrogen-bond donors (Lipinski definition) is 1. The third-order valence-corrected chi connectivity index (χ3v) is 6.63. The molecule has 1 N–H and O–H groups in total. The Hall–Kier alpha value is -2.11. The van der Waals surface area contributed by atoms with Crippen LogP contribution < -0.4 is 5.32 Å². The largest absolute Gasteiger partial charge is 0.347 e. The van der Waals surface area contributed by atoms with E-state index in [1.165, 1.54) is 11.3 Å². The topological polar surface area (TPSA) is 51.1 Å². The van der Waals surface area contributed by atoms with E-state index in [0.29, 0.717) is 9.79 Å². The molecule has 0 saturated carbocycles. The van der Waals surface area contributed by atoms with Crippen LogP contribution >= 0.6 is 0 Å². The Morgan fingerprint density at radius 2 is 1.71 bits per heavy atom. The van der Waals surface area contributed by atoms with E-state index >= 15 is 0 Å². The number of aromatic nitrogens is 1. The Kier molecular flexibility index (Phi) is 3.70. The highest BCUT2D eigenvalue weighted by atomic mass is 32.2. The molecule has 124 valence electrons. The standard InChI is InChI=1S/C19H20N2O2S/c1-21-18-8-7-15(24(22,23)14-5-3-2-4-6-14)13-17(18)16-9-11-20-12-10-19(16)21/h2-8,13,20H,9-12H2,1H3. The highest BCUT2D eigenvalue weighted by Crippen LogP contribution is 2.31. The van der Waals surface area contributed by atoms with Gasteiger partial charge in [0.15, 0.2) is 0 Å². The molecule has 0 fully saturated rings. The Labute approximate surface area is 142 Å². The van der Waals surface area contributed by atoms with Gasteiger partial charge in [-0.2, -0.15) is 0 Å². The Bertz CT molecular complexity index is 1000. The van der Waals surface area contributed by atoms with Gasteiger partial charge in [0.05, 0.1) is 9.79 Å². The molecule has 0 aliphatic carbocycles. The molecule has 5 heteroatoms. The normalized spacial score (nSPS) is 15.2. The molecule has 2 aromatic carbocycles. The van der Waals surface area contributed by atoms with Crippen LogP contribution in [0.1, 0.15) is 11.3 Å². The second-order valence-electron chi connectivity index (χ2n) is 6.23. The maximum Gasteiger partial charge on any atom is 0.206 e. The highest BCUT2D eigenvalue weighted by Gasteiger charge is 2.21. The first-order valence-corrected chi connectivity index (χ1v) is 9.68. The number of fused-ring (bicyclic) bond motifs is 3. The summed E-state index contributed by atoms with van der Waals surface area (Å²) in [5, 5.41) is 4.47. The van der Waals surface area contributed by atoms with Crippen molar-refractivity contribution in [3.63, 3.8) is 0 Å². The predicted octanol–water partition coefficient (Wildman–Crippen LogP) is 2.70. The molecule has 0 unspecified atom stereocenters. The van der Waals surface area contributed by atoms with E-state index in [1.807, 2.05) is 18.2 Å². The maximum atomic E-state index is 12.9. The minimum absolute atomic E-state index is 0.341. The molecule has 3 aromatic rings. The van der Waals surface area contributed by atoms with Crippen molar-refractivity contribution in [3.8, 4) is 0 Å². The molecule has 1 aliphatic rings. The van der Waals surface area contributed by atoms with Crippen LogP contribution in [0.2, 0.25) is 0 Å². The van der Waals surface area contributed by atoms with E-state index in [2.05, 4.69) is 16.9 Å². The molecule has 0 saturated heterocycles. The van der Waals surface area contributed by atoms with Crippen LogP contribution in [0.25, 0.3) is 10.9 Å². The quantitative estimate of drug-likeness (QED) is 0.780. The van der Waals surface area contributed by atoms with Crippen molar-refractivity contribution < 1.29 is 8.42 Å². The molecule has 1 aromatic heterocycles. The summed E-state index contributed by atoms with van der Waals surface area (Å²) in [4.78, 5) is 0.708. The van der Waals surface area contributed by atoms with Gasteiger partial charge in [0.25, 0.3) is 0 Å². The SMILES string of the molecule is Cn1c2c(c3cc(S(=O)(=O)c4ccccc4)ccc31)CCNCC2. The average Bonchev–Trinajstić information content (AvgIpc) is 2.78. The van der Waals surface area contributed by atoms with Crippen LogP contribution in [0, 0.1) is 0 Å². The first-order chi connectivity index (χ1) is 11.6. The molecule has 0 atom stereocenters. The van der Waals surface area contributed by atoms with Gasteiger partial charge in [-0.3, -0.25) is 0 Å². The number of benzene rings is 2. The summed E-state index contributed by atoms with van der Waals surface area (Å²) in [7, 11) is -1.41. The molecular weight excluding hydrogens is 320 g/mol. The predicted molar refractivity (Wildman–Crippen MR) is 95.1 cm³/mol. The van der Waals surface area contributed by atoms with Gasteiger partial charge in [-0.05, 0) is 48.9 Å². The van der Waals surface area contributed by atoms with Crippen molar-refractivity contribution in [3.05, 3.63) is 59.8 Å². The van der Waals surface area contributed by atoms with Crippen molar-refractivity contribution in [2.75, 3.05) is 13.1 Å². The van der Waals surface area contributed by atoms with Gasteiger partial charge >= 0.3 is 0 Å². The van der Waals surface area contributed by atoms with Crippen molar-refractivity contribution in [2.24, 2.45) is 7.05 Å². The minimum atomic E-state index is -3.48. The van der Waals surface area contributed by atoms with Crippen molar-refractivity contribution >= 4 is 20.7 Å². The molecule has 1 aliphatic heterocycles. The van der Waals surface area contributed by atoms with Crippen LogP contribution in [0.5, 0.6) is 0 Å². The van der Waals surface area contributed by atoms with E-state index in [4.69, 9.17) is 0 Å². The maximum absolute atomic E-state index is 12.9. The Morgan fingerprint density at radius 3 is 2.50 bits per heavy atom. The fourth-order valence-corrected chi connectivity index (χ4v) is 4.91. The number of hydrogen-bond acceptors (Lipinski definition) is 3. The molecule has 2 heterocycles. The van der Waals surface area contributed by atoms with Crippen LogP contribution in [0.4, 0.5) is 0 Å². The molecule has 0 radical (unpaired) electrons. The monoisotopic (exact) mass is 340 g/mol. The van der Waals surface area contributed by atoms with Gasteiger partial charge in [0.2, 0.25) is 9.84 Å². The summed E-state index contributed by atoms with van der Waals surface area (Å²) in [6.07, 6.45) is 1.91. The molecule has 0 bridgehead atoms. The summed E-state index contributed by atoms with van der Waals surface area (Å²) in [6, 6.07) is 14.1. The van der Waals surface area contributed by atoms with Crippen molar-refractivity contribution in [1.82, 2.24) is 9.88 Å². The van der Waals surface area contributed by atoms with E-state index in [0.717, 1.165) is 36.8 Å². The van der Waals surface area contributed by atoms with Crippen LogP contribution in [0.15, 0.2) is 58.3 Å². The highest BCUT2D eigenvalue weighted by molar-refractivity contribution is 7.91. The van der Waals surface area contributed by atoms with Gasteiger partial charge < -0.3 is 9.88 Å². The number of sulfone groups is 1. The summed E-state index contributed by atoms with van der Waals surface area (Å²) in [5.74, 6) is 0. The zero-order chi connectivity index (χ0) is 16.7. The molecule has 4 rings (SSSR count). The molecule has 24 heavy (non-hydrogen) atoms. The van der Waals surface area contributed by atoms with Gasteiger partial charge in [-0.25, -0.2) is 8.42 Å². The first-order valence-electron chi connectivity index (χ1n) is 8.20. The summed E-state index contributed by atoms with van der Waals surface area (Å²) < 4.78 is 28.0. The fraction of sp³-hybridized carbons (Fsp3) is 0.263. The van der Waals surface area contributed by atoms with Gasteiger partial charge in [-0.15, -0.1) is 0 Å². The first kappa shape index (κ1) is 15.4. The molecular formula is C19H20N2O2S. The number of aryl methyl sites for hydroxylation is 1. The molecule has 0 spiro atoms. The summed E-state index contributed by atoms with van der Waals surface area (Å²) in [6.45, 7) is 1.90. The number of nitrogens with zero attached hydrogens (tertiary/aromatic N) is 1. The third-order valence-electron chi connectivity index (χ3n) is 4.86. The zero-order valence-corrected chi connectivity index (χ0v) is 14.4. The fourth-order valence-electron chi connectivity index (χ4n) is 3.60. The second kappa shape index (κ2) is 5.76. The molecule has 4 nitrogen and oxygen atoms in total. The van der Waals surface area contributed by atoms with Crippen LogP contribution in [-0.4, -0.2) is 26.1 Å². The lowest BCUT2D eigenvalue weighted by Gasteiger charge is -2.06. The smallest absolute Gasteiger partial charge is 0.206 e. The van der Waals surface area contributed by atoms with Gasteiger partial charge in [0, 0.05) is 36.6 Å². The lowest BCUT2D eigenvalue weighted by Crippen LogP contribution is -2.17. The number of nitrogens with one attached hydrogen (secondary N) is 1. The van der Waals surface area contributed by atoms with E-state index in [9.17, 15) is 8.42 Å². The molecule has 0 amide bonds. The van der Waals surface area contributed by atoms with Gasteiger partial charge in [-0.1, -0.05) is 18.2 Å². The summed E-state index contributed by atoms with van der Waals surface area (Å²) in [5.41, 5.74) is 3.70. The van der Waals surface area contributed by atoms with Crippen LogP contribution in [0.3, 0.4) is 0 Å². The van der Waals surface area contributed by atoms with Crippen molar-refractivity contribution in [1.29, 1.82) is 0 Å². The van der Waals surface area contributed by atoms with E-state index in [-0.39, 0.29) is 0 Å². The number of rotatable bonds is 2. The van der Waals surface area contributed by atoms with Gasteiger partial charge in [0.1, 0.15) is 0 Å². The summed E-state index contributed by atoms with van der Waals surface area (Å²) >= 11 is 0. The average molecular weight is 340 g/mol. The third kappa shape index (κ3) is 2.36. The Balaban J connectivity index is 1.92. The van der Waals surface area contributed by atoms with E-state index < -0.39 is 9.84 Å². The lowest BCUT2D eigenvalue weighted by molar-refractivity contribution is 0.596. The minimum Gasteiger partial charge on any atom is -0.347 e. The van der Waals surface area contributed by atoms with Crippen molar-refractivity contribution in [2.45, 2.75) is 22.6 Å². The van der Waals surface area contributed by atoms with E-state index in [1.54, 1.807) is 30.3 Å². The zero-order valence-electron chi connectivity index (χ0n) is 13.6.